The molecule has 23 N–H and O–H groups in total. The molecule has 7 rings (SSSR count). The summed E-state index contributed by atoms with van der Waals surface area (Å²) in [6.07, 6.45) is -65.5. The summed E-state index contributed by atoms with van der Waals surface area (Å²) >= 11 is 0. The third-order valence-electron chi connectivity index (χ3n) is 14.5. The first-order valence-electron chi connectivity index (χ1n) is 24.6. The molecule has 7 fully saturated rings. The highest BCUT2D eigenvalue weighted by Crippen LogP contribution is 2.35. The maximum absolute atomic E-state index is 11.3. The first kappa shape index (κ1) is 64.1. The molecular formula is C42H72O36. The molecule has 0 aromatic rings. The topological polar surface area (TPSA) is 585 Å². The van der Waals surface area contributed by atoms with E-state index in [2.05, 4.69) is 0 Å². The van der Waals surface area contributed by atoms with Gasteiger partial charge in [0.15, 0.2) is 44.0 Å². The van der Waals surface area contributed by atoms with E-state index in [4.69, 9.17) is 61.6 Å². The molecule has 0 saturated carbocycles. The molecule has 0 aromatic carbocycles. The summed E-state index contributed by atoms with van der Waals surface area (Å²) in [5.74, 6) is 0. The minimum Gasteiger partial charge on any atom is -0.394 e. The van der Waals surface area contributed by atoms with Gasteiger partial charge in [0.2, 0.25) is 0 Å². The second kappa shape index (κ2) is 27.5. The van der Waals surface area contributed by atoms with Gasteiger partial charge in [0.05, 0.1) is 46.2 Å². The van der Waals surface area contributed by atoms with Crippen LogP contribution in [0.1, 0.15) is 0 Å². The lowest BCUT2D eigenvalue weighted by molar-refractivity contribution is -0.383. The van der Waals surface area contributed by atoms with E-state index in [1.165, 1.54) is 0 Å². The van der Waals surface area contributed by atoms with E-state index in [0.717, 1.165) is 0 Å². The molecule has 78 heavy (non-hydrogen) atoms. The largest absolute Gasteiger partial charge is 0.394 e. The number of aliphatic hydroxyl groups is 23. The van der Waals surface area contributed by atoms with Crippen molar-refractivity contribution in [3.8, 4) is 0 Å². The van der Waals surface area contributed by atoms with Gasteiger partial charge in [-0.3, -0.25) is 0 Å². The Kier molecular flexibility index (Phi) is 22.6. The lowest BCUT2D eigenvalue weighted by atomic mass is 9.96. The van der Waals surface area contributed by atoms with Crippen LogP contribution in [-0.2, 0) is 61.6 Å². The highest BCUT2D eigenvalue weighted by atomic mass is 16.8. The highest BCUT2D eigenvalue weighted by Gasteiger charge is 2.56. The van der Waals surface area contributed by atoms with E-state index in [1.54, 1.807) is 0 Å². The predicted molar refractivity (Wildman–Crippen MR) is 232 cm³/mol. The zero-order valence-corrected chi connectivity index (χ0v) is 40.8. The second-order valence-electron chi connectivity index (χ2n) is 19.7. The van der Waals surface area contributed by atoms with Crippen LogP contribution < -0.4 is 0 Å². The van der Waals surface area contributed by atoms with Gasteiger partial charge in [-0.1, -0.05) is 0 Å². The summed E-state index contributed by atoms with van der Waals surface area (Å²) in [5, 5.41) is 241. The Hall–Kier alpha value is -1.44. The van der Waals surface area contributed by atoms with Gasteiger partial charge in [-0.15, -0.1) is 0 Å². The molecule has 35 atom stereocenters. The van der Waals surface area contributed by atoms with Gasteiger partial charge in [0.25, 0.3) is 0 Å². The van der Waals surface area contributed by atoms with Crippen LogP contribution in [0.5, 0.6) is 0 Å². The molecular weight excluding hydrogens is 1080 g/mol. The maximum Gasteiger partial charge on any atom is 0.187 e. The fourth-order valence-electron chi connectivity index (χ4n) is 9.58. The van der Waals surface area contributed by atoms with E-state index in [-0.39, 0.29) is 0 Å². The van der Waals surface area contributed by atoms with Crippen LogP contribution in [0.15, 0.2) is 0 Å². The first-order chi connectivity index (χ1) is 36.8. The van der Waals surface area contributed by atoms with Crippen LogP contribution in [0.2, 0.25) is 0 Å². The lowest BCUT2D eigenvalue weighted by Crippen LogP contribution is -2.67. The van der Waals surface area contributed by atoms with Crippen LogP contribution in [0.25, 0.3) is 0 Å². The zero-order chi connectivity index (χ0) is 57.3. The molecule has 7 saturated heterocycles. The molecule has 456 valence electrons. The average Bonchev–Trinajstić information content (AvgIpc) is 3.43. The van der Waals surface area contributed by atoms with Crippen LogP contribution >= 0.6 is 0 Å². The summed E-state index contributed by atoms with van der Waals surface area (Å²) < 4.78 is 71.3. The van der Waals surface area contributed by atoms with Crippen molar-refractivity contribution in [3.63, 3.8) is 0 Å². The molecule has 0 aromatic heterocycles. The Bertz CT molecular complexity index is 1810. The smallest absolute Gasteiger partial charge is 0.187 e. The fraction of sp³-hybridized carbons (Fsp3) is 1.00. The van der Waals surface area contributed by atoms with E-state index >= 15 is 0 Å². The van der Waals surface area contributed by atoms with Crippen molar-refractivity contribution >= 4 is 0 Å². The average molecular weight is 1150 g/mol. The summed E-state index contributed by atoms with van der Waals surface area (Å²) in [6, 6.07) is 0. The van der Waals surface area contributed by atoms with Crippen LogP contribution in [0.3, 0.4) is 0 Å². The van der Waals surface area contributed by atoms with Gasteiger partial charge in [-0.2, -0.15) is 0 Å². The first-order valence-corrected chi connectivity index (χ1v) is 24.6. The van der Waals surface area contributed by atoms with Crippen molar-refractivity contribution < 1.29 is 179 Å². The molecule has 7 heterocycles. The van der Waals surface area contributed by atoms with E-state index in [0.29, 0.717) is 0 Å². The quantitative estimate of drug-likeness (QED) is 0.0571. The molecule has 0 aliphatic carbocycles. The molecule has 0 amide bonds. The molecule has 36 nitrogen and oxygen atoms in total. The summed E-state index contributed by atoms with van der Waals surface area (Å²) in [7, 11) is 0. The molecule has 0 radical (unpaired) electrons. The summed E-state index contributed by atoms with van der Waals surface area (Å²) in [6.45, 7) is -5.93. The Balaban J connectivity index is 0.918. The van der Waals surface area contributed by atoms with Crippen molar-refractivity contribution in [2.45, 2.75) is 215 Å². The van der Waals surface area contributed by atoms with Crippen molar-refractivity contribution in [3.05, 3.63) is 0 Å². The van der Waals surface area contributed by atoms with Gasteiger partial charge in [-0.25, -0.2) is 0 Å². The van der Waals surface area contributed by atoms with Crippen molar-refractivity contribution in [1.29, 1.82) is 0 Å². The second-order valence-corrected chi connectivity index (χ2v) is 19.7. The van der Waals surface area contributed by atoms with Crippen LogP contribution in [0.4, 0.5) is 0 Å². The minimum atomic E-state index is -2.20. The Morgan fingerprint density at radius 3 is 0.795 bits per heavy atom. The third kappa shape index (κ3) is 13.5. The lowest BCUT2D eigenvalue weighted by Gasteiger charge is -2.48. The highest BCUT2D eigenvalue weighted by molar-refractivity contribution is 4.99. The van der Waals surface area contributed by atoms with E-state index in [1.807, 2.05) is 0 Å². The maximum atomic E-state index is 11.3. The number of hydrogen-bond acceptors (Lipinski definition) is 36. The third-order valence-corrected chi connectivity index (χ3v) is 14.5. The molecule has 0 bridgehead atoms. The number of aliphatic hydroxyl groups excluding tert-OH is 23. The van der Waals surface area contributed by atoms with E-state index < -0.39 is 261 Å². The van der Waals surface area contributed by atoms with Crippen molar-refractivity contribution in [2.24, 2.45) is 0 Å². The number of ether oxygens (including phenoxy) is 13. The Labute approximate surface area is 439 Å². The van der Waals surface area contributed by atoms with Gasteiger partial charge in [0.1, 0.15) is 171 Å². The zero-order valence-electron chi connectivity index (χ0n) is 40.8. The van der Waals surface area contributed by atoms with Gasteiger partial charge in [-0.05, 0) is 0 Å². The number of rotatable bonds is 19. The van der Waals surface area contributed by atoms with Crippen molar-refractivity contribution in [2.75, 3.05) is 46.2 Å². The van der Waals surface area contributed by atoms with E-state index in [9.17, 15) is 117 Å². The summed E-state index contributed by atoms with van der Waals surface area (Å²) in [5.41, 5.74) is 0. The van der Waals surface area contributed by atoms with Crippen LogP contribution in [-0.4, -0.2) is 379 Å². The SMILES string of the molecule is OC[C@H]1OC(OC[C@H]2OC(OC[C@H]3OC(O[C@H]4[C@H](O)[C@@H](O)C(O[C@H]5[C@H](O)[C@@H](O)C(OC[C@H]6OC(OC[C@H]7OC(O)[C@H](O)[C@@H](O)[C@H]7O)[C@H](O)[C@@H](O)[C@H]6O)O[C@@H]5CO)O[C@@H]4CO)[C@H](O)[C@@H](O)[C@H]3O)[C@H](O)[C@@H](O)[C@H]2O)[C@H](O)[C@@H](O)[C@H]1O. The Morgan fingerprint density at radius 2 is 0.449 bits per heavy atom. The normalized spacial score (nSPS) is 53.5. The van der Waals surface area contributed by atoms with Crippen molar-refractivity contribution in [1.82, 2.24) is 0 Å². The molecule has 0 spiro atoms. The van der Waals surface area contributed by atoms with Gasteiger partial charge < -0.3 is 179 Å². The fourth-order valence-corrected chi connectivity index (χ4v) is 9.58. The summed E-state index contributed by atoms with van der Waals surface area (Å²) in [4.78, 5) is 0. The molecule has 7 unspecified atom stereocenters. The monoisotopic (exact) mass is 1150 g/mol. The van der Waals surface area contributed by atoms with Gasteiger partial charge in [0, 0.05) is 0 Å². The number of hydrogen-bond donors (Lipinski definition) is 23. The molecule has 7 aliphatic heterocycles. The van der Waals surface area contributed by atoms with Gasteiger partial charge >= 0.3 is 0 Å². The predicted octanol–water partition coefficient (Wildman–Crippen LogP) is -16.3. The Morgan fingerprint density at radius 1 is 0.218 bits per heavy atom. The van der Waals surface area contributed by atoms with Crippen LogP contribution in [0, 0.1) is 0 Å². The molecule has 7 aliphatic rings. The minimum absolute atomic E-state index is 0.708. The standard InChI is InChI=1S/C42H72O36/c43-1-8-15(46)21(52)28(59)37(71-8)67-5-12-17(48)23(54)30(61)39(75-12)68-7-14-19(50)24(55)31(62)41(76-14)77-35-10(3-45)73-42(33(64)26(35)57)78-34-9(2-44)72-40(32(63)25(34)56)69-6-13-18(49)22(53)29(60)38(74-13)66-4-11-16(47)20(51)27(58)36(65)70-11/h8-65H,1-7H2/t8-,9-,10-,11-,12-,13-,14-,15+,16+,17+,18+,19+,20+,21+,22+,23+,24+,25-,26-,27-,28-,29-,30-,31-,32-,33-,34-,35-,36?,37?,38?,39?,40?,41?,42?/m1/s1. The molecule has 36 heteroatoms.